The van der Waals surface area contributed by atoms with Crippen LogP contribution < -0.4 is 22.5 Å². The van der Waals surface area contributed by atoms with Gasteiger partial charge in [0.15, 0.2) is 0 Å². The summed E-state index contributed by atoms with van der Waals surface area (Å²) in [6, 6.07) is 7.17. The average Bonchev–Trinajstić information content (AvgIpc) is 2.69. The van der Waals surface area contributed by atoms with Crippen molar-refractivity contribution in [3.63, 3.8) is 0 Å². The molecule has 0 radical (unpaired) electrons. The Hall–Kier alpha value is -2.00. The van der Waals surface area contributed by atoms with E-state index in [0.717, 1.165) is 19.4 Å². The molecule has 3 atom stereocenters. The van der Waals surface area contributed by atoms with E-state index in [-0.39, 0.29) is 6.04 Å². The highest BCUT2D eigenvalue weighted by atomic mass is 16.4. The molecule has 0 aliphatic carbocycles. The van der Waals surface area contributed by atoms with Gasteiger partial charge in [0.1, 0.15) is 12.1 Å². The molecule has 0 aliphatic heterocycles. The molecule has 9 N–H and O–H groups in total. The Morgan fingerprint density at radius 2 is 1.57 bits per heavy atom. The second kappa shape index (κ2) is 15.0. The number of aliphatic carboxylic acids is 2. The maximum atomic E-state index is 10.6. The third kappa shape index (κ3) is 11.0. The fourth-order valence-corrected chi connectivity index (χ4v) is 2.61. The second-order valence-electron chi connectivity index (χ2n) is 6.69. The molecule has 1 aromatic rings. The van der Waals surface area contributed by atoms with Gasteiger partial charge in [-0.2, -0.15) is 0 Å². The van der Waals surface area contributed by atoms with Gasteiger partial charge in [-0.05, 0) is 63.2 Å². The minimum Gasteiger partial charge on any atom is -0.480 e. The average molecular weight is 397 g/mol. The maximum absolute atomic E-state index is 10.6. The summed E-state index contributed by atoms with van der Waals surface area (Å²) in [4.78, 5) is 20.6. The van der Waals surface area contributed by atoms with E-state index in [1.54, 1.807) is 0 Å². The molecule has 8 heteroatoms. The number of hydrogen-bond acceptors (Lipinski definition) is 6. The summed E-state index contributed by atoms with van der Waals surface area (Å²) >= 11 is 0. The van der Waals surface area contributed by atoms with E-state index >= 15 is 0 Å². The molecular weight excluding hydrogens is 360 g/mol. The number of carboxylic acids is 2. The predicted octanol–water partition coefficient (Wildman–Crippen LogP) is 1.23. The van der Waals surface area contributed by atoms with Crippen LogP contribution in [-0.4, -0.2) is 47.3 Å². The number of benzene rings is 1. The topological polar surface area (TPSA) is 165 Å². The van der Waals surface area contributed by atoms with Gasteiger partial charge < -0.3 is 32.7 Å². The molecule has 0 spiro atoms. The normalized spacial score (nSPS) is 13.8. The molecule has 0 heterocycles. The summed E-state index contributed by atoms with van der Waals surface area (Å²) in [6.45, 7) is 5.56. The largest absolute Gasteiger partial charge is 0.480 e. The quantitative estimate of drug-likeness (QED) is 0.287. The molecule has 160 valence electrons. The fourth-order valence-electron chi connectivity index (χ4n) is 2.61. The minimum absolute atomic E-state index is 0.275. The summed E-state index contributed by atoms with van der Waals surface area (Å²) in [5.74, 6) is -1.88. The van der Waals surface area contributed by atoms with E-state index in [4.69, 9.17) is 27.4 Å². The monoisotopic (exact) mass is 396 g/mol. The molecule has 1 rings (SSSR count). The summed E-state index contributed by atoms with van der Waals surface area (Å²) in [6.07, 6.45) is 3.43. The molecule has 0 bridgehead atoms. The van der Waals surface area contributed by atoms with Crippen LogP contribution in [0.3, 0.4) is 0 Å². The van der Waals surface area contributed by atoms with Gasteiger partial charge in [0.25, 0.3) is 0 Å². The van der Waals surface area contributed by atoms with Gasteiger partial charge in [0, 0.05) is 6.04 Å². The Kier molecular flexibility index (Phi) is 13.9. The van der Waals surface area contributed by atoms with Crippen molar-refractivity contribution >= 4 is 11.9 Å². The van der Waals surface area contributed by atoms with Crippen LogP contribution in [0.4, 0.5) is 0 Å². The van der Waals surface area contributed by atoms with Gasteiger partial charge in [-0.1, -0.05) is 31.2 Å². The first-order valence-electron chi connectivity index (χ1n) is 9.72. The van der Waals surface area contributed by atoms with Crippen molar-refractivity contribution < 1.29 is 19.8 Å². The van der Waals surface area contributed by atoms with Gasteiger partial charge in [-0.3, -0.25) is 9.59 Å². The third-order valence-electron chi connectivity index (χ3n) is 4.40. The Bertz CT molecular complexity index is 583. The first kappa shape index (κ1) is 26.0. The standard InChI is InChI=1S/C15H24N2O2.C5H12N2O2/c1-3-12-7-4-5-8-13(12)11(2)17-10-6-9-14(16)15(18)19;6-3-1-2-4(7)5(8)9/h4-5,7-8,11,14,17H,3,6,9-10,16H2,1-2H3,(H,18,19);4H,1-3,6-7H2,(H,8,9). The van der Waals surface area contributed by atoms with E-state index in [1.165, 1.54) is 11.1 Å². The number of hydrogen-bond donors (Lipinski definition) is 6. The molecule has 3 unspecified atom stereocenters. The lowest BCUT2D eigenvalue weighted by atomic mass is 9.99. The highest BCUT2D eigenvalue weighted by Gasteiger charge is 2.12. The number of rotatable bonds is 12. The van der Waals surface area contributed by atoms with Crippen LogP contribution in [0.15, 0.2) is 24.3 Å². The van der Waals surface area contributed by atoms with E-state index < -0.39 is 24.0 Å². The van der Waals surface area contributed by atoms with Crippen molar-refractivity contribution in [1.29, 1.82) is 0 Å². The van der Waals surface area contributed by atoms with Crippen molar-refractivity contribution in [1.82, 2.24) is 5.32 Å². The smallest absolute Gasteiger partial charge is 0.320 e. The first-order valence-corrected chi connectivity index (χ1v) is 9.72. The van der Waals surface area contributed by atoms with Crippen LogP contribution in [0.1, 0.15) is 56.7 Å². The molecule has 28 heavy (non-hydrogen) atoms. The zero-order chi connectivity index (χ0) is 21.5. The first-order chi connectivity index (χ1) is 13.2. The lowest BCUT2D eigenvalue weighted by molar-refractivity contribution is -0.139. The van der Waals surface area contributed by atoms with Crippen molar-refractivity contribution in [2.45, 2.75) is 64.1 Å². The van der Waals surface area contributed by atoms with Crippen molar-refractivity contribution in [3.05, 3.63) is 35.4 Å². The highest BCUT2D eigenvalue weighted by molar-refractivity contribution is 5.73. The minimum atomic E-state index is -0.955. The zero-order valence-corrected chi connectivity index (χ0v) is 16.9. The van der Waals surface area contributed by atoms with E-state index in [9.17, 15) is 9.59 Å². The van der Waals surface area contributed by atoms with E-state index in [1.807, 2.05) is 6.07 Å². The number of aryl methyl sites for hydroxylation is 1. The third-order valence-corrected chi connectivity index (χ3v) is 4.40. The van der Waals surface area contributed by atoms with Crippen LogP contribution in [0.2, 0.25) is 0 Å². The van der Waals surface area contributed by atoms with Gasteiger partial charge in [0.2, 0.25) is 0 Å². The lowest BCUT2D eigenvalue weighted by Crippen LogP contribution is -2.31. The van der Waals surface area contributed by atoms with Crippen LogP contribution in [0, 0.1) is 0 Å². The predicted molar refractivity (Wildman–Crippen MR) is 111 cm³/mol. The van der Waals surface area contributed by atoms with Crippen molar-refractivity contribution in [3.8, 4) is 0 Å². The molecule has 0 saturated heterocycles. The Morgan fingerprint density at radius 3 is 2.07 bits per heavy atom. The summed E-state index contributed by atoms with van der Waals surface area (Å²) in [5.41, 5.74) is 18.4. The van der Waals surface area contributed by atoms with E-state index in [0.29, 0.717) is 25.8 Å². The lowest BCUT2D eigenvalue weighted by Gasteiger charge is -2.17. The number of nitrogens with two attached hydrogens (primary N) is 3. The SMILES string of the molecule is CCc1ccccc1C(C)NCCCC(N)C(=O)O.NCCCC(N)C(=O)O. The maximum Gasteiger partial charge on any atom is 0.320 e. The summed E-state index contributed by atoms with van der Waals surface area (Å²) in [7, 11) is 0. The van der Waals surface area contributed by atoms with Gasteiger partial charge in [-0.25, -0.2) is 0 Å². The summed E-state index contributed by atoms with van der Waals surface area (Å²) < 4.78 is 0. The Balaban J connectivity index is 0.000000684. The van der Waals surface area contributed by atoms with Crippen LogP contribution in [-0.2, 0) is 16.0 Å². The second-order valence-corrected chi connectivity index (χ2v) is 6.69. The number of carbonyl (C=O) groups is 2. The number of nitrogens with one attached hydrogen (secondary N) is 1. The van der Waals surface area contributed by atoms with Crippen LogP contribution in [0.25, 0.3) is 0 Å². The molecule has 0 aromatic heterocycles. The molecule has 0 aliphatic rings. The molecule has 8 nitrogen and oxygen atoms in total. The fraction of sp³-hybridized carbons (Fsp3) is 0.600. The molecule has 0 saturated carbocycles. The zero-order valence-electron chi connectivity index (χ0n) is 16.9. The van der Waals surface area contributed by atoms with Gasteiger partial charge >= 0.3 is 11.9 Å². The number of carboxylic acid groups (broad SMARTS) is 2. The van der Waals surface area contributed by atoms with Crippen molar-refractivity contribution in [2.75, 3.05) is 13.1 Å². The highest BCUT2D eigenvalue weighted by Crippen LogP contribution is 2.18. The van der Waals surface area contributed by atoms with Crippen LogP contribution in [0.5, 0.6) is 0 Å². The van der Waals surface area contributed by atoms with Crippen LogP contribution >= 0.6 is 0 Å². The van der Waals surface area contributed by atoms with Crippen molar-refractivity contribution in [2.24, 2.45) is 17.2 Å². The van der Waals surface area contributed by atoms with E-state index in [2.05, 4.69) is 37.4 Å². The molecule has 0 amide bonds. The van der Waals surface area contributed by atoms with Gasteiger partial charge in [-0.15, -0.1) is 0 Å². The Morgan fingerprint density at radius 1 is 1.04 bits per heavy atom. The molecule has 0 fully saturated rings. The Labute approximate surface area is 167 Å². The summed E-state index contributed by atoms with van der Waals surface area (Å²) in [5, 5.41) is 20.4. The molecule has 1 aromatic carbocycles. The van der Waals surface area contributed by atoms with Gasteiger partial charge in [0.05, 0.1) is 0 Å². The molecular formula is C20H36N4O4.